The van der Waals surface area contributed by atoms with Crippen LogP contribution in [0.2, 0.25) is 0 Å². The van der Waals surface area contributed by atoms with Gasteiger partial charge in [-0.05, 0) is 42.5 Å². The van der Waals surface area contributed by atoms with Crippen LogP contribution >= 0.6 is 0 Å². The molecule has 4 heteroatoms. The molecule has 0 unspecified atom stereocenters. The van der Waals surface area contributed by atoms with E-state index in [1.807, 2.05) is 38.1 Å². The summed E-state index contributed by atoms with van der Waals surface area (Å²) >= 11 is 0. The molecule has 0 saturated carbocycles. The summed E-state index contributed by atoms with van der Waals surface area (Å²) in [5.41, 5.74) is 0.451. The summed E-state index contributed by atoms with van der Waals surface area (Å²) in [6.07, 6.45) is 2.54. The molecular formula is C20H26O4. The molecule has 0 heterocycles. The van der Waals surface area contributed by atoms with E-state index in [1.54, 1.807) is 20.3 Å². The maximum Gasteiger partial charge on any atom is 0.166 e. The van der Waals surface area contributed by atoms with Crippen molar-refractivity contribution in [1.29, 1.82) is 0 Å². The first-order valence-corrected chi connectivity index (χ1v) is 8.10. The topological polar surface area (TPSA) is 58.9 Å². The number of methoxy groups -OCH3 is 2. The van der Waals surface area contributed by atoms with Gasteiger partial charge in [0.25, 0.3) is 0 Å². The van der Waals surface area contributed by atoms with Crippen molar-refractivity contribution in [1.82, 2.24) is 0 Å². The van der Waals surface area contributed by atoms with Gasteiger partial charge in [0.2, 0.25) is 0 Å². The molecule has 130 valence electrons. The van der Waals surface area contributed by atoms with Crippen molar-refractivity contribution in [3.05, 3.63) is 47.0 Å². The minimum absolute atomic E-state index is 0.0778. The highest BCUT2D eigenvalue weighted by Crippen LogP contribution is 2.51. The molecule has 1 aromatic rings. The quantitative estimate of drug-likeness (QED) is 0.657. The van der Waals surface area contributed by atoms with Crippen LogP contribution in [0.3, 0.4) is 0 Å². The summed E-state index contributed by atoms with van der Waals surface area (Å²) in [4.78, 5) is 0. The van der Waals surface area contributed by atoms with Gasteiger partial charge in [-0.25, -0.2) is 0 Å². The second-order valence-corrected chi connectivity index (χ2v) is 6.41. The molecule has 1 aliphatic rings. The number of aliphatic hydroxyl groups is 2. The average Bonchev–Trinajstić information content (AvgIpc) is 2.58. The highest BCUT2D eigenvalue weighted by molar-refractivity contribution is 5.45. The Morgan fingerprint density at radius 3 is 2.62 bits per heavy atom. The molecule has 0 fully saturated rings. The van der Waals surface area contributed by atoms with Crippen LogP contribution in [0.15, 0.2) is 35.9 Å². The van der Waals surface area contributed by atoms with Gasteiger partial charge in [-0.3, -0.25) is 0 Å². The zero-order chi connectivity index (χ0) is 17.8. The van der Waals surface area contributed by atoms with Crippen molar-refractivity contribution >= 4 is 0 Å². The SMILES string of the molecule is COC(OC)[C@@]1(C)CCc2ccccc2[C@@]1(O)C#C/C(C)=C\CO. The third-order valence-corrected chi connectivity index (χ3v) is 4.93. The predicted molar refractivity (Wildman–Crippen MR) is 93.2 cm³/mol. The number of hydrogen-bond acceptors (Lipinski definition) is 4. The van der Waals surface area contributed by atoms with Crippen molar-refractivity contribution < 1.29 is 19.7 Å². The van der Waals surface area contributed by atoms with Crippen LogP contribution in [-0.2, 0) is 21.5 Å². The standard InChI is InChI=1S/C20H26O4/c1-15(11-14-21)9-13-20(22)17-8-6-5-7-16(17)10-12-19(20,2)18(23-3)24-4/h5-8,11,18,21-22H,10,12,14H2,1-4H3/b15-11-/t19-,20+/m1/s1. The number of rotatable bonds is 4. The fraction of sp³-hybridized carbons (Fsp3) is 0.500. The second-order valence-electron chi connectivity index (χ2n) is 6.41. The number of fused-ring (bicyclic) bond motifs is 1. The fourth-order valence-electron chi connectivity index (χ4n) is 3.47. The molecule has 0 radical (unpaired) electrons. The number of hydrogen-bond donors (Lipinski definition) is 2. The van der Waals surface area contributed by atoms with Gasteiger partial charge in [-0.2, -0.15) is 0 Å². The Labute approximate surface area is 144 Å². The van der Waals surface area contributed by atoms with Crippen LogP contribution in [0.5, 0.6) is 0 Å². The number of aliphatic hydroxyl groups excluding tert-OH is 1. The molecule has 0 saturated heterocycles. The van der Waals surface area contributed by atoms with Crippen LogP contribution in [0, 0.1) is 17.3 Å². The zero-order valence-electron chi connectivity index (χ0n) is 14.8. The fourth-order valence-corrected chi connectivity index (χ4v) is 3.47. The van der Waals surface area contributed by atoms with Crippen molar-refractivity contribution in [2.45, 2.75) is 38.6 Å². The molecule has 0 bridgehead atoms. The number of aryl methyl sites for hydroxylation is 1. The number of allylic oxidation sites excluding steroid dienone is 1. The van der Waals surface area contributed by atoms with Crippen LogP contribution in [0.4, 0.5) is 0 Å². The Morgan fingerprint density at radius 1 is 1.33 bits per heavy atom. The Bertz CT molecular complexity index is 666. The van der Waals surface area contributed by atoms with Gasteiger partial charge < -0.3 is 19.7 Å². The van der Waals surface area contributed by atoms with Crippen LogP contribution < -0.4 is 0 Å². The molecule has 0 aromatic heterocycles. The minimum atomic E-state index is -1.41. The normalized spacial score (nSPS) is 26.7. The summed E-state index contributed by atoms with van der Waals surface area (Å²) in [6, 6.07) is 7.81. The Balaban J connectivity index is 2.63. The summed E-state index contributed by atoms with van der Waals surface area (Å²) in [7, 11) is 3.15. The minimum Gasteiger partial charge on any atom is -0.392 e. The van der Waals surface area contributed by atoms with E-state index >= 15 is 0 Å². The lowest BCUT2D eigenvalue weighted by atomic mass is 9.61. The van der Waals surface area contributed by atoms with E-state index in [0.29, 0.717) is 12.0 Å². The van der Waals surface area contributed by atoms with Gasteiger partial charge in [0.05, 0.1) is 12.0 Å². The van der Waals surface area contributed by atoms with Gasteiger partial charge in [0.1, 0.15) is 0 Å². The maximum absolute atomic E-state index is 11.7. The van der Waals surface area contributed by atoms with Gasteiger partial charge in [0, 0.05) is 14.2 Å². The summed E-state index contributed by atoms with van der Waals surface area (Å²) in [6.45, 7) is 3.68. The van der Waals surface area contributed by atoms with E-state index in [-0.39, 0.29) is 6.61 Å². The Morgan fingerprint density at radius 2 is 2.00 bits per heavy atom. The van der Waals surface area contributed by atoms with Gasteiger partial charge in [-0.1, -0.05) is 43.0 Å². The lowest BCUT2D eigenvalue weighted by Gasteiger charge is -2.49. The highest BCUT2D eigenvalue weighted by atomic mass is 16.7. The summed E-state index contributed by atoms with van der Waals surface area (Å²) in [5.74, 6) is 6.03. The maximum atomic E-state index is 11.7. The van der Waals surface area contributed by atoms with E-state index in [1.165, 1.54) is 0 Å². The molecule has 1 aromatic carbocycles. The largest absolute Gasteiger partial charge is 0.392 e. The summed E-state index contributed by atoms with van der Waals surface area (Å²) in [5, 5.41) is 20.7. The van der Waals surface area contributed by atoms with E-state index < -0.39 is 17.3 Å². The van der Waals surface area contributed by atoms with Crippen LogP contribution in [0.1, 0.15) is 31.4 Å². The number of benzene rings is 1. The molecular weight excluding hydrogens is 304 g/mol. The van der Waals surface area contributed by atoms with Gasteiger partial charge >= 0.3 is 0 Å². The Kier molecular flexibility index (Phi) is 5.84. The van der Waals surface area contributed by atoms with Crippen LogP contribution in [0.25, 0.3) is 0 Å². The van der Waals surface area contributed by atoms with E-state index in [2.05, 4.69) is 11.8 Å². The van der Waals surface area contributed by atoms with E-state index in [4.69, 9.17) is 14.6 Å². The summed E-state index contributed by atoms with van der Waals surface area (Å²) < 4.78 is 11.0. The monoisotopic (exact) mass is 330 g/mol. The molecule has 0 aliphatic heterocycles. The first-order chi connectivity index (χ1) is 11.4. The molecule has 1 aliphatic carbocycles. The first kappa shape index (κ1) is 18.7. The molecule has 24 heavy (non-hydrogen) atoms. The molecule has 2 N–H and O–H groups in total. The third kappa shape index (κ3) is 3.13. The van der Waals surface area contributed by atoms with Crippen molar-refractivity contribution in [3.8, 4) is 11.8 Å². The van der Waals surface area contributed by atoms with Crippen molar-refractivity contribution in [2.24, 2.45) is 5.41 Å². The first-order valence-electron chi connectivity index (χ1n) is 8.10. The number of ether oxygens (including phenoxy) is 2. The average molecular weight is 330 g/mol. The van der Waals surface area contributed by atoms with Crippen molar-refractivity contribution in [3.63, 3.8) is 0 Å². The lowest BCUT2D eigenvalue weighted by molar-refractivity contribution is -0.229. The highest BCUT2D eigenvalue weighted by Gasteiger charge is 2.55. The molecule has 0 amide bonds. The Hall–Kier alpha value is -1.64. The molecule has 4 nitrogen and oxygen atoms in total. The van der Waals surface area contributed by atoms with Gasteiger partial charge in [0.15, 0.2) is 11.9 Å². The lowest BCUT2D eigenvalue weighted by Crippen LogP contribution is -2.54. The van der Waals surface area contributed by atoms with E-state index in [9.17, 15) is 5.11 Å². The van der Waals surface area contributed by atoms with Crippen LogP contribution in [-0.4, -0.2) is 37.3 Å². The molecule has 2 atom stereocenters. The third-order valence-electron chi connectivity index (χ3n) is 4.93. The molecule has 2 rings (SSSR count). The van der Waals surface area contributed by atoms with Gasteiger partial charge in [-0.15, -0.1) is 0 Å². The van der Waals surface area contributed by atoms with Crippen molar-refractivity contribution in [2.75, 3.05) is 20.8 Å². The molecule has 0 spiro atoms. The smallest absolute Gasteiger partial charge is 0.166 e. The van der Waals surface area contributed by atoms with E-state index in [0.717, 1.165) is 17.5 Å². The zero-order valence-corrected chi connectivity index (χ0v) is 14.8. The second kappa shape index (κ2) is 7.50. The predicted octanol–water partition coefficient (Wildman–Crippen LogP) is 2.39.